The lowest BCUT2D eigenvalue weighted by atomic mass is 9.82. The summed E-state index contributed by atoms with van der Waals surface area (Å²) in [4.78, 5) is 0.602. The third-order valence-electron chi connectivity index (χ3n) is 3.42. The molecule has 0 amide bonds. The molecule has 0 aromatic heterocycles. The third kappa shape index (κ3) is 2.60. The van der Waals surface area contributed by atoms with Gasteiger partial charge in [-0.1, -0.05) is 46.6 Å². The zero-order valence-corrected chi connectivity index (χ0v) is 11.6. The highest BCUT2D eigenvalue weighted by Gasteiger charge is 2.34. The molecule has 0 saturated heterocycles. The summed E-state index contributed by atoms with van der Waals surface area (Å²) in [6, 6.07) is 5.08. The average Bonchev–Trinajstić information content (AvgIpc) is 2.54. The van der Waals surface area contributed by atoms with Crippen LogP contribution in [-0.4, -0.2) is 4.83 Å². The third-order valence-corrected chi connectivity index (χ3v) is 4.63. The minimum atomic E-state index is -0.309. The Balaban J connectivity index is 2.18. The molecule has 1 fully saturated rings. The quantitative estimate of drug-likeness (QED) is 0.676. The molecule has 16 heavy (non-hydrogen) atoms. The normalized spacial score (nSPS) is 29.6. The maximum atomic E-state index is 13.3. The van der Waals surface area contributed by atoms with Crippen molar-refractivity contribution in [2.75, 3.05) is 0 Å². The topological polar surface area (TPSA) is 0 Å². The Hall–Kier alpha value is -0.0800. The minimum Gasteiger partial charge on any atom is -0.205 e. The predicted molar refractivity (Wildman–Crippen MR) is 69.8 cm³/mol. The van der Waals surface area contributed by atoms with Gasteiger partial charge in [0.2, 0.25) is 0 Å². The summed E-state index contributed by atoms with van der Waals surface area (Å²) in [6.07, 6.45) is 4.38. The first-order valence-electron chi connectivity index (χ1n) is 5.57. The first kappa shape index (κ1) is 12.4. The minimum absolute atomic E-state index is 0.256. The molecule has 1 aliphatic rings. The molecule has 0 radical (unpaired) electrons. The van der Waals surface area contributed by atoms with Crippen molar-refractivity contribution in [1.82, 2.24) is 0 Å². The summed E-state index contributed by atoms with van der Waals surface area (Å²) < 4.78 is 13.3. The van der Waals surface area contributed by atoms with E-state index in [0.29, 0.717) is 9.85 Å². The van der Waals surface area contributed by atoms with Crippen molar-refractivity contribution >= 4 is 27.5 Å². The van der Waals surface area contributed by atoms with Gasteiger partial charge in [0.05, 0.1) is 5.02 Å². The van der Waals surface area contributed by atoms with Gasteiger partial charge >= 0.3 is 0 Å². The van der Waals surface area contributed by atoms with E-state index in [4.69, 9.17) is 11.6 Å². The molecule has 2 unspecified atom stereocenters. The molecular formula is C13H15BrClF. The van der Waals surface area contributed by atoms with Gasteiger partial charge in [-0.05, 0) is 42.7 Å². The van der Waals surface area contributed by atoms with Gasteiger partial charge in [-0.25, -0.2) is 4.39 Å². The average molecular weight is 306 g/mol. The van der Waals surface area contributed by atoms with Crippen molar-refractivity contribution < 1.29 is 4.39 Å². The molecular weight excluding hydrogens is 290 g/mol. The van der Waals surface area contributed by atoms with Gasteiger partial charge in [-0.3, -0.25) is 0 Å². The second-order valence-corrected chi connectivity index (χ2v) is 6.71. The van der Waals surface area contributed by atoms with Crippen molar-refractivity contribution in [2.45, 2.75) is 37.4 Å². The van der Waals surface area contributed by atoms with Crippen LogP contribution < -0.4 is 0 Å². The van der Waals surface area contributed by atoms with Crippen LogP contribution in [0.25, 0.3) is 0 Å². The Kier molecular flexibility index (Phi) is 3.60. The van der Waals surface area contributed by atoms with Gasteiger partial charge in [0.15, 0.2) is 0 Å². The lowest BCUT2D eigenvalue weighted by Gasteiger charge is -2.24. The summed E-state index contributed by atoms with van der Waals surface area (Å²) in [5.74, 6) is -0.309. The molecule has 1 saturated carbocycles. The second-order valence-electron chi connectivity index (χ2n) is 5.04. The highest BCUT2D eigenvalue weighted by atomic mass is 79.9. The van der Waals surface area contributed by atoms with Crippen LogP contribution >= 0.6 is 27.5 Å². The van der Waals surface area contributed by atoms with E-state index in [0.717, 1.165) is 18.4 Å². The Morgan fingerprint density at radius 2 is 2.31 bits per heavy atom. The van der Waals surface area contributed by atoms with Crippen LogP contribution in [0.2, 0.25) is 5.02 Å². The van der Waals surface area contributed by atoms with Crippen LogP contribution in [0.5, 0.6) is 0 Å². The lowest BCUT2D eigenvalue weighted by Crippen LogP contribution is -2.16. The molecule has 0 N–H and O–H groups in total. The summed E-state index contributed by atoms with van der Waals surface area (Å²) >= 11 is 9.64. The number of rotatable bonds is 2. The fraction of sp³-hybridized carbons (Fsp3) is 0.538. The zero-order chi connectivity index (χ0) is 11.8. The van der Waals surface area contributed by atoms with Crippen molar-refractivity contribution in [3.8, 4) is 0 Å². The van der Waals surface area contributed by atoms with Gasteiger partial charge in [0.25, 0.3) is 0 Å². The van der Waals surface area contributed by atoms with Crippen LogP contribution in [0, 0.1) is 11.2 Å². The number of halogens is 3. The van der Waals surface area contributed by atoms with Crippen molar-refractivity contribution in [2.24, 2.45) is 5.41 Å². The van der Waals surface area contributed by atoms with Crippen molar-refractivity contribution in [3.05, 3.63) is 34.6 Å². The molecule has 3 heteroatoms. The fourth-order valence-corrected chi connectivity index (χ4v) is 3.75. The number of alkyl halides is 1. The Morgan fingerprint density at radius 3 is 2.94 bits per heavy atom. The maximum absolute atomic E-state index is 13.3. The van der Waals surface area contributed by atoms with E-state index >= 15 is 0 Å². The molecule has 0 heterocycles. The predicted octanol–water partition coefficient (Wildman–Crippen LogP) is 4.98. The molecule has 2 rings (SSSR count). The molecule has 0 aliphatic heterocycles. The van der Waals surface area contributed by atoms with E-state index in [-0.39, 0.29) is 11.2 Å². The fourth-order valence-electron chi connectivity index (χ4n) is 2.55. The zero-order valence-electron chi connectivity index (χ0n) is 9.27. The van der Waals surface area contributed by atoms with Crippen LogP contribution in [0.15, 0.2) is 18.2 Å². The molecule has 1 aromatic rings. The highest BCUT2D eigenvalue weighted by molar-refractivity contribution is 9.09. The van der Waals surface area contributed by atoms with Crippen LogP contribution in [0.4, 0.5) is 4.39 Å². The summed E-state index contributed by atoms with van der Waals surface area (Å²) in [5, 5.41) is 0.293. The molecule has 0 spiro atoms. The van der Waals surface area contributed by atoms with Crippen molar-refractivity contribution in [1.29, 1.82) is 0 Å². The number of hydrogen-bond acceptors (Lipinski definition) is 0. The Bertz CT molecular complexity index is 394. The summed E-state index contributed by atoms with van der Waals surface area (Å²) in [6.45, 7) is 2.26. The van der Waals surface area contributed by atoms with Gasteiger partial charge in [-0.15, -0.1) is 0 Å². The Labute approximate surface area is 109 Å². The van der Waals surface area contributed by atoms with Crippen LogP contribution in [-0.2, 0) is 6.42 Å². The summed E-state index contributed by atoms with van der Waals surface area (Å²) in [7, 11) is 0. The van der Waals surface area contributed by atoms with E-state index in [2.05, 4.69) is 22.9 Å². The monoisotopic (exact) mass is 304 g/mol. The second kappa shape index (κ2) is 4.66. The van der Waals surface area contributed by atoms with Crippen LogP contribution in [0.3, 0.4) is 0 Å². The molecule has 0 bridgehead atoms. The van der Waals surface area contributed by atoms with Gasteiger partial charge < -0.3 is 0 Å². The Morgan fingerprint density at radius 1 is 1.56 bits per heavy atom. The van der Waals surface area contributed by atoms with E-state index in [1.165, 1.54) is 18.9 Å². The maximum Gasteiger partial charge on any atom is 0.142 e. The van der Waals surface area contributed by atoms with E-state index in [1.807, 2.05) is 6.07 Å². The first-order valence-corrected chi connectivity index (χ1v) is 6.86. The SMILES string of the molecule is CC1(Cc2cccc(F)c2Cl)CCC(Br)C1. The lowest BCUT2D eigenvalue weighted by molar-refractivity contribution is 0.335. The number of benzene rings is 1. The van der Waals surface area contributed by atoms with Crippen molar-refractivity contribution in [3.63, 3.8) is 0 Å². The highest BCUT2D eigenvalue weighted by Crippen LogP contribution is 2.44. The van der Waals surface area contributed by atoms with Gasteiger partial charge in [-0.2, -0.15) is 0 Å². The molecule has 2 atom stereocenters. The van der Waals surface area contributed by atoms with E-state index in [1.54, 1.807) is 6.07 Å². The standard InChI is InChI=1S/C13H15BrClF/c1-13(6-5-10(14)8-13)7-9-3-2-4-11(16)12(9)15/h2-4,10H,5-8H2,1H3. The number of hydrogen-bond donors (Lipinski definition) is 0. The van der Waals surface area contributed by atoms with E-state index in [9.17, 15) is 4.39 Å². The molecule has 88 valence electrons. The van der Waals surface area contributed by atoms with Crippen LogP contribution in [0.1, 0.15) is 31.7 Å². The van der Waals surface area contributed by atoms with E-state index < -0.39 is 0 Å². The smallest absolute Gasteiger partial charge is 0.142 e. The van der Waals surface area contributed by atoms with Gasteiger partial charge in [0, 0.05) is 4.83 Å². The molecule has 0 nitrogen and oxygen atoms in total. The largest absolute Gasteiger partial charge is 0.205 e. The first-order chi connectivity index (χ1) is 7.50. The van der Waals surface area contributed by atoms with Gasteiger partial charge in [0.1, 0.15) is 5.82 Å². The summed E-state index contributed by atoms with van der Waals surface area (Å²) in [5.41, 5.74) is 1.19. The molecule has 1 aromatic carbocycles. The molecule has 1 aliphatic carbocycles.